The number of amides is 3. The summed E-state index contributed by atoms with van der Waals surface area (Å²) >= 11 is 0. The third-order valence-electron chi connectivity index (χ3n) is 25.3. The van der Waals surface area contributed by atoms with Crippen LogP contribution >= 0.6 is 0 Å². The number of fused-ring (bicyclic) bond motifs is 6. The fraction of sp³-hybridized carbons (Fsp3) is 0.720. The summed E-state index contributed by atoms with van der Waals surface area (Å²) in [5.41, 5.74) is 2.25. The van der Waals surface area contributed by atoms with Gasteiger partial charge in [0.1, 0.15) is 0 Å². The molecule has 22 nitrogen and oxygen atoms in total. The summed E-state index contributed by atoms with van der Waals surface area (Å²) in [6, 6.07) is 22.3. The average Bonchev–Trinajstić information content (AvgIpc) is 1.69. The Morgan fingerprint density at radius 2 is 0.670 bits per heavy atom. The quantitative estimate of drug-likeness (QED) is 0.0842. The molecular formula is C75H102N4O18. The van der Waals surface area contributed by atoms with Gasteiger partial charge in [-0.2, -0.15) is 0 Å². The minimum atomic E-state index is -0.870. The van der Waals surface area contributed by atoms with Gasteiger partial charge in [0.25, 0.3) is 17.7 Å². The number of nitrogens with zero attached hydrogens (tertiary/aromatic N) is 1. The highest BCUT2D eigenvalue weighted by atomic mass is 17.3. The van der Waals surface area contributed by atoms with Crippen molar-refractivity contribution < 1.29 is 86.3 Å². The summed E-state index contributed by atoms with van der Waals surface area (Å²) in [5.74, 6) is -0.517. The van der Waals surface area contributed by atoms with Crippen molar-refractivity contribution in [2.24, 2.45) is 71.0 Å². The van der Waals surface area contributed by atoms with Crippen LogP contribution in [-0.4, -0.2) is 134 Å². The van der Waals surface area contributed by atoms with Crippen LogP contribution in [0.25, 0.3) is 0 Å². The van der Waals surface area contributed by atoms with Gasteiger partial charge in [-0.15, -0.1) is 0 Å². The van der Waals surface area contributed by atoms with Crippen LogP contribution in [0.4, 0.5) is 0 Å². The zero-order valence-corrected chi connectivity index (χ0v) is 58.0. The van der Waals surface area contributed by atoms with Crippen LogP contribution in [-0.2, 0) is 91.8 Å². The largest absolute Gasteiger partial charge is 0.351 e. The molecule has 12 aliphatic heterocycles. The lowest BCUT2D eigenvalue weighted by atomic mass is 9.58. The summed E-state index contributed by atoms with van der Waals surface area (Å²) < 4.78 is 59.1. The summed E-state index contributed by atoms with van der Waals surface area (Å²) in [6.45, 7) is 22.4. The molecule has 3 aromatic rings. The molecule has 18 rings (SSSR count). The highest BCUT2D eigenvalue weighted by Crippen LogP contribution is 2.64. The maximum atomic E-state index is 13.7. The van der Waals surface area contributed by atoms with Gasteiger partial charge in [0.05, 0.1) is 19.8 Å². The van der Waals surface area contributed by atoms with E-state index in [2.05, 4.69) is 62.4 Å². The first kappa shape index (κ1) is 68.2. The molecule has 9 unspecified atom stereocenters. The number of carbonyl (C=O) groups excluding carboxylic acids is 3. The highest BCUT2D eigenvalue weighted by molar-refractivity contribution is 5.95. The number of hydrogen-bond donors (Lipinski definition) is 3. The number of ether oxygens (including phenoxy) is 9. The summed E-state index contributed by atoms with van der Waals surface area (Å²) in [4.78, 5) is 80.2. The van der Waals surface area contributed by atoms with E-state index in [0.29, 0.717) is 93.5 Å². The zero-order chi connectivity index (χ0) is 67.2. The Bertz CT molecular complexity index is 2970. The molecule has 3 saturated carbocycles. The monoisotopic (exact) mass is 1350 g/mol. The maximum absolute atomic E-state index is 13.7. The van der Waals surface area contributed by atoms with Crippen molar-refractivity contribution in [3.05, 3.63) is 106 Å². The van der Waals surface area contributed by atoms with E-state index < -0.39 is 71.9 Å². The van der Waals surface area contributed by atoms with E-state index in [-0.39, 0.29) is 71.0 Å². The molecule has 24 atom stereocenters. The highest BCUT2D eigenvalue weighted by Gasteiger charge is 2.73. The molecule has 97 heavy (non-hydrogen) atoms. The van der Waals surface area contributed by atoms with Gasteiger partial charge in [0, 0.05) is 111 Å². The summed E-state index contributed by atoms with van der Waals surface area (Å²) in [6.07, 6.45) is 8.04. The molecule has 3 aliphatic carbocycles. The number of hydrogen-bond acceptors (Lipinski definition) is 19. The second-order valence-corrected chi connectivity index (χ2v) is 31.5. The molecule has 15 fully saturated rings. The molecule has 3 amide bonds. The summed E-state index contributed by atoms with van der Waals surface area (Å²) in [5, 5.41) is 9.27. The Balaban J connectivity index is 0.545. The van der Waals surface area contributed by atoms with Crippen molar-refractivity contribution >= 4 is 17.7 Å². The first-order chi connectivity index (χ1) is 46.7. The number of nitrogens with one attached hydrogen (secondary N) is 3. The molecule has 12 saturated heterocycles. The molecule has 15 aliphatic rings. The van der Waals surface area contributed by atoms with E-state index in [0.717, 1.165) is 93.7 Å². The normalized spacial score (nSPS) is 42.9. The number of rotatable bonds is 21. The van der Waals surface area contributed by atoms with Crippen molar-refractivity contribution in [2.45, 2.75) is 231 Å². The van der Waals surface area contributed by atoms with Crippen molar-refractivity contribution in [3.63, 3.8) is 0 Å². The lowest BCUT2D eigenvalue weighted by Gasteiger charge is -2.60. The van der Waals surface area contributed by atoms with Crippen LogP contribution in [0.1, 0.15) is 187 Å². The molecule has 0 radical (unpaired) electrons. The van der Waals surface area contributed by atoms with Crippen LogP contribution in [0.2, 0.25) is 0 Å². The predicted octanol–water partition coefficient (Wildman–Crippen LogP) is 10.8. The Hall–Kier alpha value is -4.57. The molecule has 12 heterocycles. The van der Waals surface area contributed by atoms with Crippen LogP contribution in [0.5, 0.6) is 0 Å². The fourth-order valence-corrected chi connectivity index (χ4v) is 19.6. The van der Waals surface area contributed by atoms with Gasteiger partial charge in [0.2, 0.25) is 17.4 Å². The van der Waals surface area contributed by atoms with E-state index >= 15 is 0 Å². The Labute approximate surface area is 570 Å². The van der Waals surface area contributed by atoms with Crippen molar-refractivity contribution in [2.75, 3.05) is 39.3 Å². The van der Waals surface area contributed by atoms with Crippen molar-refractivity contribution in [3.8, 4) is 0 Å². The van der Waals surface area contributed by atoms with Gasteiger partial charge in [-0.3, -0.25) is 19.3 Å². The van der Waals surface area contributed by atoms with Crippen LogP contribution in [0.3, 0.4) is 0 Å². The van der Waals surface area contributed by atoms with Gasteiger partial charge in [-0.05, 0) is 167 Å². The molecule has 3 N–H and O–H groups in total. The number of carbonyl (C=O) groups is 3. The molecule has 3 spiro atoms. The zero-order valence-electron chi connectivity index (χ0n) is 58.0. The van der Waals surface area contributed by atoms with Crippen molar-refractivity contribution in [1.29, 1.82) is 0 Å². The van der Waals surface area contributed by atoms with Gasteiger partial charge in [-0.1, -0.05) is 77.9 Å². The van der Waals surface area contributed by atoms with Gasteiger partial charge in [0.15, 0.2) is 54.5 Å². The Morgan fingerprint density at radius 1 is 0.392 bits per heavy atom. The second kappa shape index (κ2) is 27.0. The third kappa shape index (κ3) is 12.5. The standard InChI is InChI=1S/C75H102N4O18/c1-43-10-25-58-46(4)64(86-67-73(58)55(43)28-31-70(7,89-67)92-95-73)83-40-49-13-19-52(20-14-49)61(80)76-34-37-79(38-35-77-62(81)53-21-15-50(16-22-53)41-84-65-47(5)59-26-11-44(2)56-29-32-71(8)90-68(87-65)74(56,59)96-93-71)39-36-78-63(82)54-23-17-51(18-24-54)42-85-66-48(6)60-27-12-45(3)57-30-33-72(9)91-69(88-66)75(57,60)97-94-72/h13-24,43-48,55-60,64-69H,10-12,25-42H2,1-9H3,(H,76,80)(H,77,81)(H,78,82)/t43-,44-,45-,46-,47-,48-,55?,56?,57?,58?,59?,60?,64+,65+,66+,67?,68?,69?,70+,71+,72+,73-,74-,75-/m1/s1. The molecule has 22 heteroatoms. The van der Waals surface area contributed by atoms with E-state index in [9.17, 15) is 14.4 Å². The second-order valence-electron chi connectivity index (χ2n) is 31.5. The molecular weight excluding hydrogens is 1240 g/mol. The SMILES string of the molecule is C[C@@H]1CCC2[C@@H](C)[C@@H](OCc3ccc(C(=O)NCCN(CCNC(=O)c4ccc(CO[C@H]5OC6O[C@]7(C)CCC8[C@H](C)CCC([C@H]5C)[C@@]68OO7)cc4)CCNC(=O)c4ccc(CO[C@H]5OC6O[C@]7(C)CCC8[C@H](C)CCC([C@H]5C)[C@@]68OO7)cc4)cc3)OC3O[C@]4(C)CCC1[C@]32OO4. The van der Waals surface area contributed by atoms with Crippen LogP contribution in [0, 0.1) is 71.0 Å². The Morgan fingerprint density at radius 3 is 0.948 bits per heavy atom. The average molecular weight is 1350 g/mol. The van der Waals surface area contributed by atoms with E-state index in [4.69, 9.17) is 72.0 Å². The van der Waals surface area contributed by atoms with Crippen molar-refractivity contribution in [1.82, 2.24) is 20.9 Å². The smallest absolute Gasteiger partial charge is 0.251 e. The van der Waals surface area contributed by atoms with Gasteiger partial charge >= 0.3 is 0 Å². The fourth-order valence-electron chi connectivity index (χ4n) is 19.6. The predicted molar refractivity (Wildman–Crippen MR) is 348 cm³/mol. The van der Waals surface area contributed by atoms with Crippen LogP contribution < -0.4 is 16.0 Å². The number of benzene rings is 3. The first-order valence-electron chi connectivity index (χ1n) is 36.5. The molecule has 530 valence electrons. The lowest BCUT2D eigenvalue weighted by Crippen LogP contribution is -2.70. The van der Waals surface area contributed by atoms with E-state index in [1.54, 1.807) is 36.4 Å². The van der Waals surface area contributed by atoms with Gasteiger partial charge in [-0.25, -0.2) is 29.3 Å². The topological polar surface area (TPSA) is 229 Å². The van der Waals surface area contributed by atoms with Gasteiger partial charge < -0.3 is 58.6 Å². The van der Waals surface area contributed by atoms with E-state index in [1.807, 2.05) is 57.2 Å². The molecule has 6 bridgehead atoms. The summed E-state index contributed by atoms with van der Waals surface area (Å²) in [7, 11) is 0. The Kier molecular flexibility index (Phi) is 19.0. The van der Waals surface area contributed by atoms with E-state index in [1.165, 1.54) is 0 Å². The first-order valence-corrected chi connectivity index (χ1v) is 36.5. The minimum Gasteiger partial charge on any atom is -0.351 e. The third-order valence-corrected chi connectivity index (χ3v) is 25.3. The van der Waals surface area contributed by atoms with Crippen LogP contribution in [0.15, 0.2) is 72.8 Å². The minimum absolute atomic E-state index is 0.0376. The maximum Gasteiger partial charge on any atom is 0.251 e. The molecule has 3 aromatic carbocycles. The lowest BCUT2D eigenvalue weighted by molar-refractivity contribution is -0.577. The molecule has 0 aromatic heterocycles.